The Balaban J connectivity index is 2.44. The predicted molar refractivity (Wildman–Crippen MR) is 81.2 cm³/mol. The molecule has 1 heterocycles. The van der Waals surface area contributed by atoms with Crippen LogP contribution < -0.4 is 5.73 Å². The van der Waals surface area contributed by atoms with Gasteiger partial charge in [-0.25, -0.2) is 8.42 Å². The molecular weight excluding hydrogens is 278 g/mol. The Morgan fingerprint density at radius 1 is 1.25 bits per heavy atom. The van der Waals surface area contributed by atoms with Gasteiger partial charge in [0.25, 0.3) is 0 Å². The Bertz CT molecular complexity index is 354. The summed E-state index contributed by atoms with van der Waals surface area (Å²) in [5, 5.41) is 0. The summed E-state index contributed by atoms with van der Waals surface area (Å²) in [6, 6.07) is 0.485. The van der Waals surface area contributed by atoms with Crippen LogP contribution in [0.15, 0.2) is 0 Å². The van der Waals surface area contributed by atoms with Crippen molar-refractivity contribution >= 4 is 10.0 Å². The maximum Gasteiger partial charge on any atom is 0.214 e. The summed E-state index contributed by atoms with van der Waals surface area (Å²) in [6.45, 7) is 6.15. The van der Waals surface area contributed by atoms with Gasteiger partial charge in [-0.2, -0.15) is 4.31 Å². The summed E-state index contributed by atoms with van der Waals surface area (Å²) >= 11 is 0. The maximum atomic E-state index is 12.2. The molecule has 1 rings (SSSR count). The molecule has 1 fully saturated rings. The van der Waals surface area contributed by atoms with E-state index in [9.17, 15) is 8.42 Å². The smallest absolute Gasteiger partial charge is 0.214 e. The Hall–Kier alpha value is -0.210. The standard InChI is InChI=1S/C13H29N3O3S/c1-3-13(5-6-14)15-7-9-16(10-8-15)20(17,18)12-4-11-19-2/h13H,3-12,14H2,1-2H3. The number of ether oxygens (including phenoxy) is 1. The highest BCUT2D eigenvalue weighted by Crippen LogP contribution is 2.14. The van der Waals surface area contributed by atoms with Crippen molar-refractivity contribution in [1.29, 1.82) is 0 Å². The molecule has 1 saturated heterocycles. The predicted octanol–water partition coefficient (Wildman–Crippen LogP) is 0.0977. The second kappa shape index (κ2) is 8.94. The van der Waals surface area contributed by atoms with Crippen LogP contribution in [-0.4, -0.2) is 75.9 Å². The number of rotatable bonds is 9. The maximum absolute atomic E-state index is 12.2. The Morgan fingerprint density at radius 2 is 1.90 bits per heavy atom. The van der Waals surface area contributed by atoms with E-state index >= 15 is 0 Å². The molecule has 0 saturated carbocycles. The van der Waals surface area contributed by atoms with Crippen LogP contribution in [0.1, 0.15) is 26.2 Å². The van der Waals surface area contributed by atoms with E-state index in [1.807, 2.05) is 0 Å². The number of piperazine rings is 1. The van der Waals surface area contributed by atoms with Crippen molar-refractivity contribution in [2.45, 2.75) is 32.2 Å². The van der Waals surface area contributed by atoms with Crippen molar-refractivity contribution in [2.24, 2.45) is 5.73 Å². The average Bonchev–Trinajstić information content (AvgIpc) is 2.45. The fourth-order valence-electron chi connectivity index (χ4n) is 2.70. The quantitative estimate of drug-likeness (QED) is 0.611. The molecule has 0 amide bonds. The summed E-state index contributed by atoms with van der Waals surface area (Å²) in [5.74, 6) is 0.181. The normalized spacial score (nSPS) is 20.1. The number of methoxy groups -OCH3 is 1. The average molecular weight is 307 g/mol. The number of nitrogens with two attached hydrogens (primary N) is 1. The molecule has 1 aliphatic rings. The van der Waals surface area contributed by atoms with Crippen molar-refractivity contribution < 1.29 is 13.2 Å². The molecule has 0 radical (unpaired) electrons. The molecule has 1 aliphatic heterocycles. The van der Waals surface area contributed by atoms with Gasteiger partial charge in [0, 0.05) is 45.9 Å². The number of nitrogens with zero attached hydrogens (tertiary/aromatic N) is 2. The molecule has 20 heavy (non-hydrogen) atoms. The molecule has 0 aliphatic carbocycles. The summed E-state index contributed by atoms with van der Waals surface area (Å²) in [6.07, 6.45) is 2.61. The van der Waals surface area contributed by atoms with Gasteiger partial charge in [0.1, 0.15) is 0 Å². The lowest BCUT2D eigenvalue weighted by Crippen LogP contribution is -2.52. The molecule has 0 bridgehead atoms. The number of hydrogen-bond acceptors (Lipinski definition) is 5. The molecule has 7 heteroatoms. The van der Waals surface area contributed by atoms with Gasteiger partial charge in [0.2, 0.25) is 10.0 Å². The fraction of sp³-hybridized carbons (Fsp3) is 1.00. The van der Waals surface area contributed by atoms with Gasteiger partial charge in [-0.15, -0.1) is 0 Å². The van der Waals surface area contributed by atoms with Crippen LogP contribution in [0, 0.1) is 0 Å². The first-order valence-corrected chi connectivity index (χ1v) is 9.07. The second-order valence-electron chi connectivity index (χ2n) is 5.24. The van der Waals surface area contributed by atoms with Crippen molar-refractivity contribution in [3.63, 3.8) is 0 Å². The largest absolute Gasteiger partial charge is 0.385 e. The van der Waals surface area contributed by atoms with Gasteiger partial charge in [-0.1, -0.05) is 6.92 Å². The lowest BCUT2D eigenvalue weighted by molar-refractivity contribution is 0.128. The Kier molecular flexibility index (Phi) is 7.98. The monoisotopic (exact) mass is 307 g/mol. The molecule has 6 nitrogen and oxygen atoms in total. The zero-order chi connectivity index (χ0) is 15.0. The Labute approximate surface area is 123 Å². The van der Waals surface area contributed by atoms with Crippen LogP contribution >= 0.6 is 0 Å². The highest BCUT2D eigenvalue weighted by atomic mass is 32.2. The van der Waals surface area contributed by atoms with Gasteiger partial charge in [-0.05, 0) is 25.8 Å². The van der Waals surface area contributed by atoms with Crippen LogP contribution in [-0.2, 0) is 14.8 Å². The van der Waals surface area contributed by atoms with Gasteiger partial charge >= 0.3 is 0 Å². The van der Waals surface area contributed by atoms with E-state index in [1.54, 1.807) is 11.4 Å². The highest BCUT2D eigenvalue weighted by molar-refractivity contribution is 7.89. The zero-order valence-corrected chi connectivity index (χ0v) is 13.6. The molecule has 0 aromatic rings. The zero-order valence-electron chi connectivity index (χ0n) is 12.8. The third-order valence-electron chi connectivity index (χ3n) is 3.90. The van der Waals surface area contributed by atoms with Crippen molar-refractivity contribution in [2.75, 3.05) is 52.2 Å². The molecule has 1 atom stereocenters. The van der Waals surface area contributed by atoms with Crippen LogP contribution in [0.5, 0.6) is 0 Å². The van der Waals surface area contributed by atoms with Crippen molar-refractivity contribution in [1.82, 2.24) is 9.21 Å². The van der Waals surface area contributed by atoms with Crippen LogP contribution in [0.25, 0.3) is 0 Å². The molecule has 2 N–H and O–H groups in total. The topological polar surface area (TPSA) is 75.9 Å². The van der Waals surface area contributed by atoms with Crippen molar-refractivity contribution in [3.8, 4) is 0 Å². The number of hydrogen-bond donors (Lipinski definition) is 1. The Morgan fingerprint density at radius 3 is 2.40 bits per heavy atom. The summed E-state index contributed by atoms with van der Waals surface area (Å²) in [5.41, 5.74) is 5.63. The van der Waals surface area contributed by atoms with Gasteiger partial charge < -0.3 is 10.5 Å². The van der Waals surface area contributed by atoms with E-state index in [4.69, 9.17) is 10.5 Å². The summed E-state index contributed by atoms with van der Waals surface area (Å²) in [7, 11) is -1.53. The van der Waals surface area contributed by atoms with E-state index in [-0.39, 0.29) is 5.75 Å². The second-order valence-corrected chi connectivity index (χ2v) is 7.33. The highest BCUT2D eigenvalue weighted by Gasteiger charge is 2.28. The van der Waals surface area contributed by atoms with E-state index in [2.05, 4.69) is 11.8 Å². The lowest BCUT2D eigenvalue weighted by atomic mass is 10.1. The SMILES string of the molecule is CCC(CCN)N1CCN(S(=O)(=O)CCCOC)CC1. The fourth-order valence-corrected chi connectivity index (χ4v) is 4.16. The minimum absolute atomic E-state index is 0.181. The van der Waals surface area contributed by atoms with E-state index in [1.165, 1.54) is 0 Å². The van der Waals surface area contributed by atoms with Crippen LogP contribution in [0.3, 0.4) is 0 Å². The van der Waals surface area contributed by atoms with E-state index in [0.717, 1.165) is 25.9 Å². The first kappa shape index (κ1) is 17.8. The first-order chi connectivity index (χ1) is 9.55. The molecule has 1 unspecified atom stereocenters. The van der Waals surface area contributed by atoms with Crippen LogP contribution in [0.4, 0.5) is 0 Å². The first-order valence-electron chi connectivity index (χ1n) is 7.46. The molecule has 120 valence electrons. The van der Waals surface area contributed by atoms with E-state index in [0.29, 0.717) is 38.7 Å². The minimum Gasteiger partial charge on any atom is -0.385 e. The lowest BCUT2D eigenvalue weighted by Gasteiger charge is -2.38. The third-order valence-corrected chi connectivity index (χ3v) is 5.86. The van der Waals surface area contributed by atoms with Gasteiger partial charge in [-0.3, -0.25) is 4.90 Å². The van der Waals surface area contributed by atoms with Gasteiger partial charge in [0.15, 0.2) is 0 Å². The van der Waals surface area contributed by atoms with Crippen molar-refractivity contribution in [3.05, 3.63) is 0 Å². The van der Waals surface area contributed by atoms with Crippen LogP contribution in [0.2, 0.25) is 0 Å². The third kappa shape index (κ3) is 5.29. The van der Waals surface area contributed by atoms with Gasteiger partial charge in [0.05, 0.1) is 5.75 Å². The molecule has 0 aromatic heterocycles. The summed E-state index contributed by atoms with van der Waals surface area (Å²) < 4.78 is 30.9. The molecule has 0 spiro atoms. The molecule has 0 aromatic carbocycles. The minimum atomic E-state index is -3.12. The molecular formula is C13H29N3O3S. The number of sulfonamides is 1. The van der Waals surface area contributed by atoms with E-state index < -0.39 is 10.0 Å². The summed E-state index contributed by atoms with van der Waals surface area (Å²) in [4.78, 5) is 2.37.